The van der Waals surface area contributed by atoms with Crippen LogP contribution in [0.3, 0.4) is 0 Å². The van der Waals surface area contributed by atoms with E-state index in [9.17, 15) is 0 Å². The molecule has 7 nitrogen and oxygen atoms in total. The Morgan fingerprint density at radius 1 is 0.923 bits per heavy atom. The highest BCUT2D eigenvalue weighted by Gasteiger charge is 2.30. The largest absolute Gasteiger partial charge is 0.493 e. The maximum Gasteiger partial charge on any atom is 0.221 e. The number of nitrogens with zero attached hydrogens (tertiary/aromatic N) is 2. The van der Waals surface area contributed by atoms with Crippen LogP contribution in [0.5, 0.6) is 11.5 Å². The molecule has 1 aliphatic carbocycles. The van der Waals surface area contributed by atoms with Crippen molar-refractivity contribution in [3.63, 3.8) is 0 Å². The minimum atomic E-state index is -0.219. The van der Waals surface area contributed by atoms with Crippen LogP contribution in [0.25, 0.3) is 0 Å². The van der Waals surface area contributed by atoms with E-state index in [1.165, 1.54) is 0 Å². The van der Waals surface area contributed by atoms with Gasteiger partial charge < -0.3 is 24.3 Å². The second kappa shape index (κ2) is 7.57. The summed E-state index contributed by atoms with van der Waals surface area (Å²) < 4.78 is 21.3. The Morgan fingerprint density at radius 3 is 2.31 bits per heavy atom. The molecule has 1 heterocycles. The third-order valence-corrected chi connectivity index (χ3v) is 4.17. The molecule has 1 unspecified atom stereocenters. The second-order valence-corrected chi connectivity index (χ2v) is 5.80. The topological polar surface area (TPSA) is 73.7 Å². The summed E-state index contributed by atoms with van der Waals surface area (Å²) in [6.07, 6.45) is 3.70. The fourth-order valence-electron chi connectivity index (χ4n) is 2.74. The van der Waals surface area contributed by atoms with Crippen molar-refractivity contribution >= 4 is 34.6 Å². The van der Waals surface area contributed by atoms with Crippen LogP contribution in [0.1, 0.15) is 0 Å². The number of hydrogen-bond acceptors (Lipinski definition) is 6. The molecule has 0 spiro atoms. The zero-order valence-electron chi connectivity index (χ0n) is 14.9. The molecule has 0 bridgehead atoms. The molecule has 3 rings (SSSR count). The molecule has 1 aromatic rings. The zero-order valence-corrected chi connectivity index (χ0v) is 15.7. The van der Waals surface area contributed by atoms with E-state index >= 15 is 0 Å². The van der Waals surface area contributed by atoms with Crippen molar-refractivity contribution < 1.29 is 18.9 Å². The molecule has 0 radical (unpaired) electrons. The van der Waals surface area contributed by atoms with E-state index in [-0.39, 0.29) is 11.0 Å². The first-order valence-electron chi connectivity index (χ1n) is 7.81. The van der Waals surface area contributed by atoms with Gasteiger partial charge >= 0.3 is 0 Å². The van der Waals surface area contributed by atoms with Crippen molar-refractivity contribution in [1.29, 1.82) is 0 Å². The molecule has 0 saturated heterocycles. The Balaban J connectivity index is 1.92. The molecule has 8 heteroatoms. The molecule has 1 N–H and O–H groups in total. The smallest absolute Gasteiger partial charge is 0.221 e. The fourth-order valence-corrected chi connectivity index (χ4v) is 2.94. The van der Waals surface area contributed by atoms with Gasteiger partial charge in [0, 0.05) is 17.8 Å². The van der Waals surface area contributed by atoms with Gasteiger partial charge in [-0.1, -0.05) is 0 Å². The summed E-state index contributed by atoms with van der Waals surface area (Å²) in [7, 11) is 6.35. The molecule has 136 valence electrons. The number of rotatable bonds is 5. The number of aliphatic imine (C=N–C) groups is 2. The average Bonchev–Trinajstić information content (AvgIpc) is 2.66. The molecule has 1 aliphatic heterocycles. The Kier molecular flexibility index (Phi) is 5.22. The monoisotopic (exact) mass is 373 g/mol. The third-order valence-electron chi connectivity index (χ3n) is 3.99. The van der Waals surface area contributed by atoms with E-state index in [4.69, 9.17) is 31.2 Å². The van der Waals surface area contributed by atoms with Crippen molar-refractivity contribution in [2.45, 2.75) is 0 Å². The number of allylic oxidation sites excluding steroid dienone is 1. The molecule has 2 aliphatic rings. The van der Waals surface area contributed by atoms with Gasteiger partial charge in [0.1, 0.15) is 5.84 Å². The number of benzene rings is 1. The van der Waals surface area contributed by atoms with Gasteiger partial charge in [0.2, 0.25) is 5.11 Å². The van der Waals surface area contributed by atoms with Gasteiger partial charge in [-0.15, -0.1) is 0 Å². The number of amidine groups is 1. The maximum absolute atomic E-state index is 5.40. The lowest BCUT2D eigenvalue weighted by Crippen LogP contribution is -2.34. The van der Waals surface area contributed by atoms with Crippen LogP contribution in [0.4, 0.5) is 5.69 Å². The summed E-state index contributed by atoms with van der Waals surface area (Å²) in [4.78, 5) is 8.73. The second-order valence-electron chi connectivity index (χ2n) is 5.44. The van der Waals surface area contributed by atoms with Gasteiger partial charge in [0.05, 0.1) is 40.1 Å². The molecule has 1 atom stereocenters. The lowest BCUT2D eigenvalue weighted by atomic mass is 9.94. The third kappa shape index (κ3) is 3.41. The number of anilines is 1. The Hall–Kier alpha value is -2.87. The van der Waals surface area contributed by atoms with Gasteiger partial charge in [-0.05, 0) is 30.4 Å². The number of thiocarbonyl (C=S) groups is 1. The van der Waals surface area contributed by atoms with E-state index in [0.717, 1.165) is 11.4 Å². The fraction of sp³-hybridized carbons (Fsp3) is 0.278. The first-order valence-corrected chi connectivity index (χ1v) is 8.22. The van der Waals surface area contributed by atoms with Crippen LogP contribution >= 0.6 is 12.2 Å². The first-order chi connectivity index (χ1) is 12.6. The van der Waals surface area contributed by atoms with Gasteiger partial charge in [-0.2, -0.15) is 0 Å². The van der Waals surface area contributed by atoms with Crippen molar-refractivity contribution in [3.8, 4) is 11.5 Å². The number of nitrogens with one attached hydrogen (secondary N) is 1. The number of fused-ring (bicyclic) bond motifs is 1. The van der Waals surface area contributed by atoms with Crippen LogP contribution in [0.15, 0.2) is 51.9 Å². The van der Waals surface area contributed by atoms with Crippen LogP contribution in [-0.4, -0.2) is 45.1 Å². The van der Waals surface area contributed by atoms with Gasteiger partial charge in [0.15, 0.2) is 23.0 Å². The summed E-state index contributed by atoms with van der Waals surface area (Å²) >= 11 is 5.21. The number of ether oxygens (including phenoxy) is 4. The molecule has 1 aromatic carbocycles. The van der Waals surface area contributed by atoms with Crippen LogP contribution in [0, 0.1) is 5.92 Å². The lowest BCUT2D eigenvalue weighted by molar-refractivity contribution is 0.218. The van der Waals surface area contributed by atoms with Crippen LogP contribution in [-0.2, 0) is 9.47 Å². The Bertz CT molecular complexity index is 858. The zero-order chi connectivity index (χ0) is 18.7. The molecule has 0 fully saturated rings. The Morgan fingerprint density at radius 2 is 1.65 bits per heavy atom. The molecule has 0 saturated carbocycles. The molecular weight excluding hydrogens is 354 g/mol. The Labute approximate surface area is 157 Å². The maximum atomic E-state index is 5.40. The molecule has 26 heavy (non-hydrogen) atoms. The normalized spacial score (nSPS) is 18.6. The lowest BCUT2D eigenvalue weighted by Gasteiger charge is -2.26. The predicted octanol–water partition coefficient (Wildman–Crippen LogP) is 2.94. The standard InChI is InChI=1S/C18H19N3O4S/c1-22-13-6-5-10(7-14(13)23-2)19-17-11-8-15(24-3)16(25-4)9-12(11)20-18(26)21-17/h5-9,11H,1-4H3,(H,19,21,26). The minimum absolute atomic E-state index is 0.219. The van der Waals surface area contributed by atoms with E-state index in [2.05, 4.69) is 15.3 Å². The van der Waals surface area contributed by atoms with E-state index in [0.29, 0.717) is 28.9 Å². The minimum Gasteiger partial charge on any atom is -0.493 e. The number of hydrogen-bond donors (Lipinski definition) is 1. The highest BCUT2D eigenvalue weighted by atomic mass is 32.1. The molecule has 0 amide bonds. The van der Waals surface area contributed by atoms with Crippen LogP contribution < -0.4 is 14.8 Å². The highest BCUT2D eigenvalue weighted by molar-refractivity contribution is 7.80. The van der Waals surface area contributed by atoms with Crippen molar-refractivity contribution in [2.24, 2.45) is 15.9 Å². The average molecular weight is 373 g/mol. The SMILES string of the molecule is COC1=CC2=NC(=S)N=C(Nc3ccc(OC)c(OC)c3)C2C=C1OC. The van der Waals surface area contributed by atoms with Gasteiger partial charge in [-0.25, -0.2) is 9.98 Å². The van der Waals surface area contributed by atoms with Gasteiger partial charge in [-0.3, -0.25) is 0 Å². The van der Waals surface area contributed by atoms with E-state index in [1.54, 1.807) is 34.5 Å². The highest BCUT2D eigenvalue weighted by Crippen LogP contribution is 2.31. The molecular formula is C18H19N3O4S. The molecule has 0 aromatic heterocycles. The van der Waals surface area contributed by atoms with Gasteiger partial charge in [0.25, 0.3) is 0 Å². The quantitative estimate of drug-likeness (QED) is 0.800. The summed E-state index contributed by atoms with van der Waals surface area (Å²) in [5, 5.41) is 3.54. The van der Waals surface area contributed by atoms with Crippen molar-refractivity contribution in [2.75, 3.05) is 33.8 Å². The van der Waals surface area contributed by atoms with Crippen molar-refractivity contribution in [3.05, 3.63) is 41.9 Å². The summed E-state index contributed by atoms with van der Waals surface area (Å²) in [5.74, 6) is 2.90. The summed E-state index contributed by atoms with van der Waals surface area (Å²) in [6.45, 7) is 0. The van der Waals surface area contributed by atoms with E-state index < -0.39 is 0 Å². The summed E-state index contributed by atoms with van der Waals surface area (Å²) in [6, 6.07) is 5.52. The van der Waals surface area contributed by atoms with Crippen molar-refractivity contribution in [1.82, 2.24) is 0 Å². The van der Waals surface area contributed by atoms with Crippen LogP contribution in [0.2, 0.25) is 0 Å². The summed E-state index contributed by atoms with van der Waals surface area (Å²) in [5.41, 5.74) is 1.53. The van der Waals surface area contributed by atoms with E-state index in [1.807, 2.05) is 24.3 Å². The number of methoxy groups -OCH3 is 4. The first kappa shape index (κ1) is 17.9. The predicted molar refractivity (Wildman–Crippen MR) is 104 cm³/mol.